The zero-order valence-corrected chi connectivity index (χ0v) is 11.7. The number of nitrogens with zero attached hydrogens (tertiary/aromatic N) is 1. The predicted octanol–water partition coefficient (Wildman–Crippen LogP) is 2.80. The van der Waals surface area contributed by atoms with Crippen molar-refractivity contribution in [3.8, 4) is 0 Å². The van der Waals surface area contributed by atoms with E-state index in [0.29, 0.717) is 12.1 Å². The van der Waals surface area contributed by atoms with Crippen LogP contribution in [0.4, 0.5) is 5.69 Å². The van der Waals surface area contributed by atoms with Crippen molar-refractivity contribution in [3.05, 3.63) is 28.8 Å². The Hall–Kier alpha value is -1.02. The van der Waals surface area contributed by atoms with Gasteiger partial charge < -0.3 is 10.2 Å². The van der Waals surface area contributed by atoms with E-state index in [1.807, 2.05) is 0 Å². The molecule has 17 heavy (non-hydrogen) atoms. The van der Waals surface area contributed by atoms with Gasteiger partial charge in [-0.25, -0.2) is 0 Å². The average Bonchev–Trinajstić information content (AvgIpc) is 2.13. The van der Waals surface area contributed by atoms with E-state index in [2.05, 4.69) is 57.0 Å². The maximum Gasteiger partial charge on any atom is 0.0426 e. The van der Waals surface area contributed by atoms with E-state index >= 15 is 0 Å². The van der Waals surface area contributed by atoms with Crippen LogP contribution in [0.5, 0.6) is 0 Å². The lowest BCUT2D eigenvalue weighted by molar-refractivity contribution is 0.406. The molecule has 1 saturated heterocycles. The summed E-state index contributed by atoms with van der Waals surface area (Å²) in [6.45, 7) is 13.4. The highest BCUT2D eigenvalue weighted by atomic mass is 15.2. The standard InChI is InChI=1S/C15H24N2/c1-10-6-11(2)15(12(3)7-10)17-8-13(4)16-14(5)9-17/h6-7,13-14,16H,8-9H2,1-5H3. The van der Waals surface area contributed by atoms with Crippen molar-refractivity contribution in [2.45, 2.75) is 46.7 Å². The Morgan fingerprint density at radius 1 is 1.00 bits per heavy atom. The van der Waals surface area contributed by atoms with Gasteiger partial charge in [-0.2, -0.15) is 0 Å². The second kappa shape index (κ2) is 4.69. The third kappa shape index (κ3) is 2.63. The molecule has 2 heteroatoms. The summed E-state index contributed by atoms with van der Waals surface area (Å²) in [5.74, 6) is 0. The molecule has 0 spiro atoms. The predicted molar refractivity (Wildman–Crippen MR) is 74.9 cm³/mol. The first kappa shape index (κ1) is 12.4. The summed E-state index contributed by atoms with van der Waals surface area (Å²) in [5, 5.41) is 3.59. The fourth-order valence-electron chi connectivity index (χ4n) is 3.18. The lowest BCUT2D eigenvalue weighted by Crippen LogP contribution is -2.54. The van der Waals surface area contributed by atoms with Crippen LogP contribution in [0.15, 0.2) is 12.1 Å². The molecule has 1 N–H and O–H groups in total. The molecule has 2 atom stereocenters. The van der Waals surface area contributed by atoms with E-state index < -0.39 is 0 Å². The van der Waals surface area contributed by atoms with Crippen molar-refractivity contribution in [1.29, 1.82) is 0 Å². The molecule has 0 aromatic heterocycles. The summed E-state index contributed by atoms with van der Waals surface area (Å²) in [6.07, 6.45) is 0. The number of aryl methyl sites for hydroxylation is 3. The van der Waals surface area contributed by atoms with Crippen molar-refractivity contribution in [2.75, 3.05) is 18.0 Å². The molecule has 1 aliphatic heterocycles. The number of rotatable bonds is 1. The van der Waals surface area contributed by atoms with Crippen LogP contribution in [0.2, 0.25) is 0 Å². The average molecular weight is 232 g/mol. The normalized spacial score (nSPS) is 25.1. The fraction of sp³-hybridized carbons (Fsp3) is 0.600. The van der Waals surface area contributed by atoms with E-state index in [4.69, 9.17) is 0 Å². The lowest BCUT2D eigenvalue weighted by Gasteiger charge is -2.39. The zero-order chi connectivity index (χ0) is 12.6. The van der Waals surface area contributed by atoms with Crippen molar-refractivity contribution >= 4 is 5.69 Å². The van der Waals surface area contributed by atoms with Gasteiger partial charge in [0, 0.05) is 30.9 Å². The Morgan fingerprint density at radius 3 is 1.94 bits per heavy atom. The maximum atomic E-state index is 3.59. The van der Waals surface area contributed by atoms with Gasteiger partial charge in [-0.15, -0.1) is 0 Å². The van der Waals surface area contributed by atoms with Crippen LogP contribution in [0.3, 0.4) is 0 Å². The minimum atomic E-state index is 0.568. The number of nitrogens with one attached hydrogen (secondary N) is 1. The van der Waals surface area contributed by atoms with Crippen molar-refractivity contribution < 1.29 is 0 Å². The molecule has 2 rings (SSSR count). The van der Waals surface area contributed by atoms with E-state index in [-0.39, 0.29) is 0 Å². The number of benzene rings is 1. The third-order valence-corrected chi connectivity index (χ3v) is 3.51. The minimum absolute atomic E-state index is 0.568. The van der Waals surface area contributed by atoms with Gasteiger partial charge in [-0.3, -0.25) is 0 Å². The van der Waals surface area contributed by atoms with Crippen molar-refractivity contribution in [2.24, 2.45) is 0 Å². The van der Waals surface area contributed by atoms with E-state index in [1.54, 1.807) is 0 Å². The minimum Gasteiger partial charge on any atom is -0.368 e. The van der Waals surface area contributed by atoms with Crippen molar-refractivity contribution in [1.82, 2.24) is 5.32 Å². The molecule has 0 bridgehead atoms. The highest BCUT2D eigenvalue weighted by Crippen LogP contribution is 2.27. The SMILES string of the molecule is Cc1cc(C)c(N2CC(C)NC(C)C2)c(C)c1. The molecule has 0 radical (unpaired) electrons. The molecule has 1 aliphatic rings. The topological polar surface area (TPSA) is 15.3 Å². The Balaban J connectivity index is 2.33. The van der Waals surface area contributed by atoms with Crippen LogP contribution >= 0.6 is 0 Å². The molecule has 1 fully saturated rings. The van der Waals surface area contributed by atoms with Gasteiger partial charge in [0.05, 0.1) is 0 Å². The third-order valence-electron chi connectivity index (χ3n) is 3.51. The summed E-state index contributed by atoms with van der Waals surface area (Å²) in [6, 6.07) is 5.72. The van der Waals surface area contributed by atoms with Gasteiger partial charge >= 0.3 is 0 Å². The molecular formula is C15H24N2. The molecule has 2 nitrogen and oxygen atoms in total. The van der Waals surface area contributed by atoms with Crippen LogP contribution in [0.25, 0.3) is 0 Å². The van der Waals surface area contributed by atoms with Crippen LogP contribution in [-0.2, 0) is 0 Å². The molecule has 1 aromatic carbocycles. The largest absolute Gasteiger partial charge is 0.368 e. The van der Waals surface area contributed by atoms with E-state index in [9.17, 15) is 0 Å². The summed E-state index contributed by atoms with van der Waals surface area (Å²) in [4.78, 5) is 2.54. The molecular weight excluding hydrogens is 208 g/mol. The van der Waals surface area contributed by atoms with Gasteiger partial charge in [-0.1, -0.05) is 17.7 Å². The molecule has 0 amide bonds. The lowest BCUT2D eigenvalue weighted by atomic mass is 10.0. The first-order chi connectivity index (χ1) is 7.97. The maximum absolute atomic E-state index is 3.59. The molecule has 2 unspecified atom stereocenters. The van der Waals surface area contributed by atoms with Gasteiger partial charge in [0.25, 0.3) is 0 Å². The summed E-state index contributed by atoms with van der Waals surface area (Å²) < 4.78 is 0. The second-order valence-electron chi connectivity index (χ2n) is 5.62. The van der Waals surface area contributed by atoms with Crippen molar-refractivity contribution in [3.63, 3.8) is 0 Å². The highest BCUT2D eigenvalue weighted by molar-refractivity contribution is 5.60. The summed E-state index contributed by atoms with van der Waals surface area (Å²) >= 11 is 0. The first-order valence-electron chi connectivity index (χ1n) is 6.56. The number of hydrogen-bond donors (Lipinski definition) is 1. The first-order valence-corrected chi connectivity index (χ1v) is 6.56. The van der Waals surface area contributed by atoms with Gasteiger partial charge in [0.15, 0.2) is 0 Å². The van der Waals surface area contributed by atoms with Crippen LogP contribution in [0.1, 0.15) is 30.5 Å². The smallest absolute Gasteiger partial charge is 0.0426 e. The van der Waals surface area contributed by atoms with Crippen LogP contribution in [0, 0.1) is 20.8 Å². The van der Waals surface area contributed by atoms with Gasteiger partial charge in [0.2, 0.25) is 0 Å². The molecule has 0 saturated carbocycles. The number of piperazine rings is 1. The molecule has 0 aliphatic carbocycles. The quantitative estimate of drug-likeness (QED) is 0.801. The molecule has 1 heterocycles. The summed E-state index contributed by atoms with van der Waals surface area (Å²) in [7, 11) is 0. The monoisotopic (exact) mass is 232 g/mol. The van der Waals surface area contributed by atoms with Crippen LogP contribution < -0.4 is 10.2 Å². The van der Waals surface area contributed by atoms with Crippen LogP contribution in [-0.4, -0.2) is 25.2 Å². The second-order valence-corrected chi connectivity index (χ2v) is 5.62. The fourth-order valence-corrected chi connectivity index (χ4v) is 3.18. The Labute approximate surface area is 105 Å². The Bertz CT molecular complexity index is 378. The summed E-state index contributed by atoms with van der Waals surface area (Å²) in [5.41, 5.74) is 5.61. The Kier molecular flexibility index (Phi) is 3.43. The zero-order valence-electron chi connectivity index (χ0n) is 11.7. The van der Waals surface area contributed by atoms with E-state index in [0.717, 1.165) is 13.1 Å². The van der Waals surface area contributed by atoms with Gasteiger partial charge in [0.1, 0.15) is 0 Å². The number of anilines is 1. The number of hydrogen-bond acceptors (Lipinski definition) is 2. The van der Waals surface area contributed by atoms with Gasteiger partial charge in [-0.05, 0) is 45.7 Å². The molecule has 94 valence electrons. The highest BCUT2D eigenvalue weighted by Gasteiger charge is 2.23. The van der Waals surface area contributed by atoms with E-state index in [1.165, 1.54) is 22.4 Å². The molecule has 1 aromatic rings. The Morgan fingerprint density at radius 2 is 1.47 bits per heavy atom.